The van der Waals surface area contributed by atoms with Gasteiger partial charge in [0.05, 0.1) is 62.9 Å². The predicted molar refractivity (Wildman–Crippen MR) is 242 cm³/mol. The number of nitrogens with zero attached hydrogens (tertiary/aromatic N) is 4. The Bertz CT molecular complexity index is 2970. The molecular weight excluding hydrogens is 861 g/mol. The van der Waals surface area contributed by atoms with E-state index < -0.39 is 23.6 Å². The molecule has 0 amide bonds. The van der Waals surface area contributed by atoms with Gasteiger partial charge in [-0.25, -0.2) is 18.4 Å². The number of para-hydroxylation sites is 2. The lowest BCUT2D eigenvalue weighted by molar-refractivity contribution is 0.0525. The molecule has 14 heteroatoms. The van der Waals surface area contributed by atoms with Crippen molar-refractivity contribution in [3.8, 4) is 45.4 Å². The Morgan fingerprint density at radius 3 is 1.52 bits per heavy atom. The van der Waals surface area contributed by atoms with E-state index in [1.807, 2.05) is 95.8 Å². The van der Waals surface area contributed by atoms with Gasteiger partial charge in [0, 0.05) is 46.0 Å². The first-order valence-corrected chi connectivity index (χ1v) is 20.7. The Morgan fingerprint density at radius 1 is 0.609 bits per heavy atom. The second-order valence-corrected chi connectivity index (χ2v) is 15.1. The normalized spacial score (nSPS) is 10.8. The number of hydrogen-bond acceptors (Lipinski definition) is 7. The van der Waals surface area contributed by atoms with Crippen LogP contribution in [0.5, 0.6) is 11.5 Å². The number of aromatic carboxylic acids is 1. The molecule has 0 unspecified atom stereocenters. The Morgan fingerprint density at radius 2 is 1.06 bits per heavy atom. The summed E-state index contributed by atoms with van der Waals surface area (Å²) in [6, 6.07) is 34.7. The van der Waals surface area contributed by atoms with Crippen LogP contribution < -0.4 is 9.47 Å². The van der Waals surface area contributed by atoms with Crippen molar-refractivity contribution in [2.75, 3.05) is 6.61 Å². The van der Waals surface area contributed by atoms with Crippen molar-refractivity contribution in [3.05, 3.63) is 201 Å². The average molecular weight is 902 g/mol. The highest BCUT2D eigenvalue weighted by Gasteiger charge is 2.18. The maximum atomic E-state index is 13.4. The zero-order chi connectivity index (χ0) is 45.3. The first-order valence-electron chi connectivity index (χ1n) is 19.9. The second kappa shape index (κ2) is 20.3. The van der Waals surface area contributed by atoms with Gasteiger partial charge in [-0.05, 0) is 106 Å². The van der Waals surface area contributed by atoms with Gasteiger partial charge in [-0.2, -0.15) is 0 Å². The lowest BCUT2D eigenvalue weighted by atomic mass is 10.1. The Labute approximate surface area is 377 Å². The molecule has 64 heavy (non-hydrogen) atoms. The number of ether oxygens (including phenoxy) is 3. The number of aryl methyl sites for hydroxylation is 2. The summed E-state index contributed by atoms with van der Waals surface area (Å²) < 4.78 is 47.8. The molecule has 10 nitrogen and oxygen atoms in total. The van der Waals surface area contributed by atoms with Gasteiger partial charge in [-0.1, -0.05) is 59.6 Å². The maximum absolute atomic E-state index is 13.4. The molecule has 0 aliphatic rings. The van der Waals surface area contributed by atoms with Crippen LogP contribution in [0.3, 0.4) is 0 Å². The molecule has 0 saturated heterocycles. The van der Waals surface area contributed by atoms with Crippen LogP contribution in [0.2, 0.25) is 10.0 Å². The van der Waals surface area contributed by atoms with E-state index in [1.165, 1.54) is 36.7 Å². The van der Waals surface area contributed by atoms with E-state index >= 15 is 0 Å². The number of benzene rings is 4. The number of carboxylic acids is 1. The SMILES string of the molecule is CCOC(=O)c1cncc(-n2c(C)ccc2-c2ccccc2OCc2ccc(F)cc2Cl)c1.Cc1ccc(-c2ccccc2OCc2ccc(F)cc2Cl)n1-c1cncc(C(=O)O)c1. The summed E-state index contributed by atoms with van der Waals surface area (Å²) in [4.78, 5) is 31.9. The molecule has 0 spiro atoms. The number of hydrogen-bond donors (Lipinski definition) is 1. The third-order valence-corrected chi connectivity index (χ3v) is 10.7. The lowest BCUT2D eigenvalue weighted by Crippen LogP contribution is -2.07. The van der Waals surface area contributed by atoms with Crippen LogP contribution in [0.4, 0.5) is 8.78 Å². The van der Waals surface area contributed by atoms with E-state index in [-0.39, 0.29) is 18.8 Å². The van der Waals surface area contributed by atoms with Crippen LogP contribution >= 0.6 is 23.2 Å². The maximum Gasteiger partial charge on any atom is 0.339 e. The fourth-order valence-electron chi connectivity index (χ4n) is 6.92. The molecule has 0 atom stereocenters. The zero-order valence-corrected chi connectivity index (χ0v) is 36.3. The fraction of sp³-hybridized carbons (Fsp3) is 0.120. The van der Waals surface area contributed by atoms with Gasteiger partial charge < -0.3 is 28.5 Å². The molecule has 4 aromatic carbocycles. The van der Waals surface area contributed by atoms with Crippen LogP contribution in [0, 0.1) is 25.5 Å². The van der Waals surface area contributed by atoms with E-state index in [2.05, 4.69) is 9.97 Å². The molecule has 1 N–H and O–H groups in total. The largest absolute Gasteiger partial charge is 0.488 e. The molecule has 8 aromatic rings. The van der Waals surface area contributed by atoms with E-state index in [9.17, 15) is 23.5 Å². The molecule has 0 fully saturated rings. The van der Waals surface area contributed by atoms with Crippen LogP contribution in [-0.2, 0) is 18.0 Å². The summed E-state index contributed by atoms with van der Waals surface area (Å²) in [6.45, 7) is 6.32. The number of esters is 1. The summed E-state index contributed by atoms with van der Waals surface area (Å²) in [6.07, 6.45) is 6.11. The lowest BCUT2D eigenvalue weighted by Gasteiger charge is -2.16. The van der Waals surface area contributed by atoms with Gasteiger partial charge in [-0.15, -0.1) is 0 Å². The van der Waals surface area contributed by atoms with Gasteiger partial charge in [0.25, 0.3) is 0 Å². The number of pyridine rings is 2. The Kier molecular flexibility index (Phi) is 14.2. The van der Waals surface area contributed by atoms with Gasteiger partial charge in [0.1, 0.15) is 36.3 Å². The van der Waals surface area contributed by atoms with E-state index in [0.717, 1.165) is 39.6 Å². The third-order valence-electron chi connectivity index (χ3n) is 10.00. The molecule has 0 aliphatic heterocycles. The molecule has 8 rings (SSSR count). The number of aromatic nitrogens is 4. The van der Waals surface area contributed by atoms with Crippen LogP contribution in [-0.4, -0.2) is 42.8 Å². The third kappa shape index (κ3) is 10.3. The summed E-state index contributed by atoms with van der Waals surface area (Å²) in [5.74, 6) is -0.995. The molecule has 0 aliphatic carbocycles. The van der Waals surface area contributed by atoms with Crippen LogP contribution in [0.1, 0.15) is 50.2 Å². The number of carbonyl (C=O) groups excluding carboxylic acids is 1. The van der Waals surface area contributed by atoms with Crippen molar-refractivity contribution in [2.45, 2.75) is 34.0 Å². The second-order valence-electron chi connectivity index (χ2n) is 14.3. The van der Waals surface area contributed by atoms with Crippen molar-refractivity contribution >= 4 is 35.1 Å². The van der Waals surface area contributed by atoms with Crippen molar-refractivity contribution in [2.24, 2.45) is 0 Å². The predicted octanol–water partition coefficient (Wildman–Crippen LogP) is 12.3. The number of rotatable bonds is 13. The minimum atomic E-state index is -1.04. The first kappa shape index (κ1) is 44.8. The fourth-order valence-corrected chi connectivity index (χ4v) is 7.37. The number of carbonyl (C=O) groups is 2. The van der Waals surface area contributed by atoms with E-state index in [4.69, 9.17) is 37.4 Å². The van der Waals surface area contributed by atoms with E-state index in [0.29, 0.717) is 50.5 Å². The van der Waals surface area contributed by atoms with Gasteiger partial charge in [-0.3, -0.25) is 9.97 Å². The molecule has 0 bridgehead atoms. The molecule has 0 saturated carbocycles. The monoisotopic (exact) mass is 900 g/mol. The Balaban J connectivity index is 0.000000192. The zero-order valence-electron chi connectivity index (χ0n) is 34.8. The minimum Gasteiger partial charge on any atom is -0.488 e. The summed E-state index contributed by atoms with van der Waals surface area (Å²) in [7, 11) is 0. The Hall–Kier alpha value is -7.28. The average Bonchev–Trinajstić information content (AvgIpc) is 3.88. The first-order chi connectivity index (χ1) is 30.9. The molecular formula is C50H40Cl2F2N4O6. The minimum absolute atomic E-state index is 0.104. The van der Waals surface area contributed by atoms with Crippen molar-refractivity contribution in [1.82, 2.24) is 19.1 Å². The van der Waals surface area contributed by atoms with Crippen molar-refractivity contribution < 1.29 is 37.7 Å². The summed E-state index contributed by atoms with van der Waals surface area (Å²) in [5, 5.41) is 9.93. The van der Waals surface area contributed by atoms with Gasteiger partial charge in [0.15, 0.2) is 0 Å². The van der Waals surface area contributed by atoms with Crippen molar-refractivity contribution in [3.63, 3.8) is 0 Å². The summed E-state index contributed by atoms with van der Waals surface area (Å²) in [5.41, 5.74) is 8.44. The van der Waals surface area contributed by atoms with Crippen molar-refractivity contribution in [1.29, 1.82) is 0 Å². The number of halogens is 4. The van der Waals surface area contributed by atoms with E-state index in [1.54, 1.807) is 43.6 Å². The number of carboxylic acid groups (broad SMARTS) is 1. The smallest absolute Gasteiger partial charge is 0.339 e. The molecule has 0 radical (unpaired) electrons. The topological polar surface area (TPSA) is 118 Å². The highest BCUT2D eigenvalue weighted by molar-refractivity contribution is 6.31. The molecule has 4 heterocycles. The summed E-state index contributed by atoms with van der Waals surface area (Å²) >= 11 is 12.3. The van der Waals surface area contributed by atoms with Crippen LogP contribution in [0.25, 0.3) is 33.9 Å². The highest BCUT2D eigenvalue weighted by atomic mass is 35.5. The van der Waals surface area contributed by atoms with Gasteiger partial charge in [0.2, 0.25) is 0 Å². The van der Waals surface area contributed by atoms with Crippen LogP contribution in [0.15, 0.2) is 146 Å². The quantitative estimate of drug-likeness (QED) is 0.114. The standard InChI is InChI=1S/C26H22ClFN2O3.C24H18ClFN2O3/c1-3-32-26(31)19-12-21(15-29-14-19)30-17(2)8-11-24(30)22-6-4-5-7-25(22)33-16-18-9-10-20(28)13-23(18)27;1-15-6-9-22(28(15)19-10-17(24(29)30)12-27-13-19)20-4-2-3-5-23(20)31-14-16-7-8-18(26)11-21(16)25/h4-15H,3,16H2,1-2H3;2-13H,14H2,1H3,(H,29,30). The molecule has 4 aromatic heterocycles. The van der Waals surface area contributed by atoms with Gasteiger partial charge >= 0.3 is 11.9 Å². The molecule has 324 valence electrons. The highest BCUT2D eigenvalue weighted by Crippen LogP contribution is 2.36.